The van der Waals surface area contributed by atoms with Gasteiger partial charge < -0.3 is 9.15 Å². The molecule has 2 aromatic rings. The molecule has 1 unspecified atom stereocenters. The van der Waals surface area contributed by atoms with Gasteiger partial charge in [0, 0.05) is 12.0 Å². The predicted octanol–water partition coefficient (Wildman–Crippen LogP) is 2.92. The fourth-order valence-corrected chi connectivity index (χ4v) is 2.04. The van der Waals surface area contributed by atoms with Crippen LogP contribution in [0, 0.1) is 6.92 Å². The number of hydrogen-bond acceptors (Lipinski definition) is 4. The molecule has 0 aliphatic heterocycles. The molecule has 1 aromatic carbocycles. The van der Waals surface area contributed by atoms with Crippen LogP contribution in [0.5, 0.6) is 0 Å². The van der Waals surface area contributed by atoms with Crippen molar-refractivity contribution in [3.8, 4) is 0 Å². The van der Waals surface area contributed by atoms with Crippen molar-refractivity contribution in [2.24, 2.45) is 5.84 Å². The van der Waals surface area contributed by atoms with Gasteiger partial charge in [0.15, 0.2) is 0 Å². The molecule has 1 aromatic heterocycles. The molecule has 0 amide bonds. The molecule has 6 heteroatoms. The second-order valence-electron chi connectivity index (χ2n) is 4.66. The molecule has 0 saturated heterocycles. The molecule has 0 fully saturated rings. The number of furan rings is 1. The van der Waals surface area contributed by atoms with Crippen LogP contribution in [-0.2, 0) is 4.74 Å². The minimum absolute atomic E-state index is 0.190. The van der Waals surface area contributed by atoms with E-state index < -0.39 is 13.0 Å². The van der Waals surface area contributed by atoms with Crippen LogP contribution in [-0.4, -0.2) is 19.6 Å². The summed E-state index contributed by atoms with van der Waals surface area (Å²) in [7, 11) is 0. The third-order valence-electron chi connectivity index (χ3n) is 3.03. The number of fused-ring (bicyclic) bond motifs is 1. The molecular weight excluding hydrogens is 266 g/mol. The Bertz CT molecular complexity index is 557. The number of hydrogen-bond donors (Lipinski definition) is 2. The minimum Gasteiger partial charge on any atom is -0.459 e. The third kappa shape index (κ3) is 3.75. The quantitative estimate of drug-likeness (QED) is 0.466. The van der Waals surface area contributed by atoms with Crippen LogP contribution in [0.1, 0.15) is 23.8 Å². The number of aryl methyl sites for hydroxylation is 1. The Hall–Kier alpha value is -1.50. The summed E-state index contributed by atoms with van der Waals surface area (Å²) in [6.45, 7) is 1.63. The number of halogens is 2. The number of rotatable bonds is 7. The number of benzene rings is 1. The first-order chi connectivity index (χ1) is 9.60. The van der Waals surface area contributed by atoms with Crippen LogP contribution in [0.15, 0.2) is 28.7 Å². The van der Waals surface area contributed by atoms with E-state index in [0.717, 1.165) is 16.5 Å². The van der Waals surface area contributed by atoms with Gasteiger partial charge in [-0.05, 0) is 31.5 Å². The second kappa shape index (κ2) is 6.78. The van der Waals surface area contributed by atoms with Crippen molar-refractivity contribution in [3.63, 3.8) is 0 Å². The molecular formula is C14H18F2N2O2. The Labute approximate surface area is 115 Å². The Morgan fingerprint density at radius 3 is 2.85 bits per heavy atom. The highest BCUT2D eigenvalue weighted by molar-refractivity contribution is 5.78. The van der Waals surface area contributed by atoms with E-state index in [-0.39, 0.29) is 12.6 Å². The lowest BCUT2D eigenvalue weighted by atomic mass is 10.1. The lowest BCUT2D eigenvalue weighted by Crippen LogP contribution is -2.28. The number of nitrogens with one attached hydrogen (secondary N) is 1. The summed E-state index contributed by atoms with van der Waals surface area (Å²) in [6, 6.07) is 7.52. The molecule has 0 spiro atoms. The topological polar surface area (TPSA) is 60.4 Å². The first-order valence-corrected chi connectivity index (χ1v) is 6.42. The third-order valence-corrected chi connectivity index (χ3v) is 3.03. The Morgan fingerprint density at radius 2 is 2.15 bits per heavy atom. The normalized spacial score (nSPS) is 13.2. The maximum atomic E-state index is 12.0. The van der Waals surface area contributed by atoms with Crippen molar-refractivity contribution in [2.45, 2.75) is 25.8 Å². The predicted molar refractivity (Wildman–Crippen MR) is 72.5 cm³/mol. The van der Waals surface area contributed by atoms with E-state index in [0.29, 0.717) is 12.2 Å². The van der Waals surface area contributed by atoms with E-state index in [4.69, 9.17) is 15.0 Å². The standard InChI is InChI=1S/C14H18F2N2O2/c1-9-2-3-12-10(6-9)7-13(20-12)11(18-17)4-5-19-8-14(15)16/h2-3,6-7,11,14,18H,4-5,8,17H2,1H3. The summed E-state index contributed by atoms with van der Waals surface area (Å²) >= 11 is 0. The van der Waals surface area contributed by atoms with Gasteiger partial charge in [-0.1, -0.05) is 11.6 Å². The number of ether oxygens (including phenoxy) is 1. The van der Waals surface area contributed by atoms with Crippen LogP contribution >= 0.6 is 0 Å². The highest BCUT2D eigenvalue weighted by Crippen LogP contribution is 2.26. The number of nitrogens with two attached hydrogens (primary N) is 1. The van der Waals surface area contributed by atoms with E-state index in [9.17, 15) is 8.78 Å². The molecule has 0 aliphatic rings. The van der Waals surface area contributed by atoms with Gasteiger partial charge in [0.2, 0.25) is 0 Å². The van der Waals surface area contributed by atoms with Gasteiger partial charge in [-0.3, -0.25) is 5.84 Å². The first kappa shape index (κ1) is 14.9. The molecule has 110 valence electrons. The molecule has 0 saturated carbocycles. The highest BCUT2D eigenvalue weighted by atomic mass is 19.3. The van der Waals surface area contributed by atoms with Gasteiger partial charge in [-0.2, -0.15) is 0 Å². The highest BCUT2D eigenvalue weighted by Gasteiger charge is 2.15. The van der Waals surface area contributed by atoms with Gasteiger partial charge in [-0.15, -0.1) is 0 Å². The smallest absolute Gasteiger partial charge is 0.261 e. The lowest BCUT2D eigenvalue weighted by molar-refractivity contribution is 0.0139. The van der Waals surface area contributed by atoms with E-state index in [1.54, 1.807) is 0 Å². The maximum Gasteiger partial charge on any atom is 0.261 e. The number of hydrazine groups is 1. The van der Waals surface area contributed by atoms with Crippen LogP contribution in [0.3, 0.4) is 0 Å². The summed E-state index contributed by atoms with van der Waals surface area (Å²) in [5.41, 5.74) is 4.54. The van der Waals surface area contributed by atoms with Gasteiger partial charge in [0.05, 0.1) is 6.04 Å². The summed E-state index contributed by atoms with van der Waals surface area (Å²) in [5, 5.41) is 0.994. The fourth-order valence-electron chi connectivity index (χ4n) is 2.04. The van der Waals surface area contributed by atoms with Gasteiger partial charge in [0.1, 0.15) is 18.0 Å². The Kier molecular flexibility index (Phi) is 5.05. The molecule has 1 atom stereocenters. The largest absolute Gasteiger partial charge is 0.459 e. The van der Waals surface area contributed by atoms with Crippen molar-refractivity contribution >= 4 is 11.0 Å². The van der Waals surface area contributed by atoms with E-state index in [1.165, 1.54) is 0 Å². The zero-order valence-corrected chi connectivity index (χ0v) is 11.2. The van der Waals surface area contributed by atoms with Crippen LogP contribution in [0.2, 0.25) is 0 Å². The zero-order valence-electron chi connectivity index (χ0n) is 11.2. The van der Waals surface area contributed by atoms with Crippen LogP contribution in [0.25, 0.3) is 11.0 Å². The molecule has 3 N–H and O–H groups in total. The molecule has 0 bridgehead atoms. The second-order valence-corrected chi connectivity index (χ2v) is 4.66. The Balaban J connectivity index is 2.01. The van der Waals surface area contributed by atoms with E-state index in [1.807, 2.05) is 31.2 Å². The summed E-state index contributed by atoms with van der Waals surface area (Å²) in [6.07, 6.45) is -1.99. The average molecular weight is 284 g/mol. The zero-order chi connectivity index (χ0) is 14.5. The molecule has 2 rings (SSSR count). The average Bonchev–Trinajstić information content (AvgIpc) is 2.81. The fraction of sp³-hybridized carbons (Fsp3) is 0.429. The molecule has 0 aliphatic carbocycles. The van der Waals surface area contributed by atoms with Crippen LogP contribution < -0.4 is 11.3 Å². The Morgan fingerprint density at radius 1 is 1.35 bits per heavy atom. The molecule has 1 heterocycles. The molecule has 4 nitrogen and oxygen atoms in total. The summed E-state index contributed by atoms with van der Waals surface area (Å²) in [4.78, 5) is 0. The summed E-state index contributed by atoms with van der Waals surface area (Å²) in [5.74, 6) is 6.16. The lowest BCUT2D eigenvalue weighted by Gasteiger charge is -2.13. The summed E-state index contributed by atoms with van der Waals surface area (Å²) < 4.78 is 34.5. The van der Waals surface area contributed by atoms with Crippen molar-refractivity contribution in [1.29, 1.82) is 0 Å². The number of alkyl halides is 2. The first-order valence-electron chi connectivity index (χ1n) is 6.42. The van der Waals surface area contributed by atoms with E-state index in [2.05, 4.69) is 5.43 Å². The van der Waals surface area contributed by atoms with Crippen molar-refractivity contribution in [3.05, 3.63) is 35.6 Å². The van der Waals surface area contributed by atoms with Crippen molar-refractivity contribution < 1.29 is 17.9 Å². The maximum absolute atomic E-state index is 12.0. The van der Waals surface area contributed by atoms with E-state index >= 15 is 0 Å². The van der Waals surface area contributed by atoms with Crippen molar-refractivity contribution in [2.75, 3.05) is 13.2 Å². The monoisotopic (exact) mass is 284 g/mol. The van der Waals surface area contributed by atoms with Crippen LogP contribution in [0.4, 0.5) is 8.78 Å². The molecule has 0 radical (unpaired) electrons. The minimum atomic E-state index is -2.45. The molecule has 20 heavy (non-hydrogen) atoms. The van der Waals surface area contributed by atoms with Gasteiger partial charge in [-0.25, -0.2) is 14.2 Å². The van der Waals surface area contributed by atoms with Gasteiger partial charge in [0.25, 0.3) is 6.43 Å². The SMILES string of the molecule is Cc1ccc2oc(C(CCOCC(F)F)NN)cc2c1. The van der Waals surface area contributed by atoms with Gasteiger partial charge >= 0.3 is 0 Å². The van der Waals surface area contributed by atoms with Crippen molar-refractivity contribution in [1.82, 2.24) is 5.43 Å².